The summed E-state index contributed by atoms with van der Waals surface area (Å²) >= 11 is 0. The summed E-state index contributed by atoms with van der Waals surface area (Å²) in [5.41, 5.74) is 0.535. The van der Waals surface area contributed by atoms with Crippen LogP contribution in [0.15, 0.2) is 30.3 Å². The molecule has 2 unspecified atom stereocenters. The lowest BCUT2D eigenvalue weighted by Gasteiger charge is -2.27. The van der Waals surface area contributed by atoms with Crippen LogP contribution >= 0.6 is 0 Å². The Balaban J connectivity index is 1.69. The van der Waals surface area contributed by atoms with Gasteiger partial charge in [-0.3, -0.25) is 9.59 Å². The van der Waals surface area contributed by atoms with Crippen LogP contribution in [0.4, 0.5) is 0 Å². The Kier molecular flexibility index (Phi) is 5.75. The van der Waals surface area contributed by atoms with Crippen molar-refractivity contribution in [2.24, 2.45) is 5.92 Å². The highest BCUT2D eigenvalue weighted by molar-refractivity contribution is 5.96. The van der Waals surface area contributed by atoms with Gasteiger partial charge in [-0.1, -0.05) is 31.0 Å². The van der Waals surface area contributed by atoms with Crippen LogP contribution in [0.5, 0.6) is 0 Å². The summed E-state index contributed by atoms with van der Waals surface area (Å²) < 4.78 is 0. The maximum absolute atomic E-state index is 11.8. The molecule has 21 heavy (non-hydrogen) atoms. The third kappa shape index (κ3) is 4.86. The van der Waals surface area contributed by atoms with Gasteiger partial charge in [0.15, 0.2) is 0 Å². The molecule has 1 aromatic carbocycles. The Hall–Kier alpha value is -1.88. The Morgan fingerprint density at radius 3 is 2.52 bits per heavy atom. The molecule has 2 atom stereocenters. The largest absolute Gasteiger partial charge is 0.393 e. The van der Waals surface area contributed by atoms with Gasteiger partial charge in [0.2, 0.25) is 5.91 Å². The van der Waals surface area contributed by atoms with Gasteiger partial charge >= 0.3 is 0 Å². The van der Waals surface area contributed by atoms with Crippen LogP contribution < -0.4 is 10.6 Å². The van der Waals surface area contributed by atoms with Crippen molar-refractivity contribution in [1.82, 2.24) is 10.6 Å². The van der Waals surface area contributed by atoms with Crippen LogP contribution in [-0.4, -0.2) is 36.1 Å². The fraction of sp³-hybridized carbons (Fsp3) is 0.500. The van der Waals surface area contributed by atoms with Gasteiger partial charge in [0.1, 0.15) is 0 Å². The first-order valence-electron chi connectivity index (χ1n) is 7.45. The van der Waals surface area contributed by atoms with Crippen LogP contribution in [0.25, 0.3) is 0 Å². The van der Waals surface area contributed by atoms with Crippen LogP contribution in [0, 0.1) is 5.92 Å². The van der Waals surface area contributed by atoms with Crippen molar-refractivity contribution in [3.63, 3.8) is 0 Å². The molecule has 5 nitrogen and oxygen atoms in total. The van der Waals surface area contributed by atoms with Gasteiger partial charge < -0.3 is 15.7 Å². The van der Waals surface area contributed by atoms with Crippen LogP contribution in [0.1, 0.15) is 36.0 Å². The lowest BCUT2D eigenvalue weighted by Crippen LogP contribution is -2.41. The van der Waals surface area contributed by atoms with E-state index in [4.69, 9.17) is 0 Å². The van der Waals surface area contributed by atoms with Gasteiger partial charge in [-0.05, 0) is 25.0 Å². The minimum absolute atomic E-state index is 0.0451. The molecule has 1 aromatic rings. The summed E-state index contributed by atoms with van der Waals surface area (Å²) in [6.07, 6.45) is 3.59. The number of hydrogen-bond acceptors (Lipinski definition) is 3. The summed E-state index contributed by atoms with van der Waals surface area (Å²) in [4.78, 5) is 23.5. The molecule has 1 aliphatic rings. The first-order valence-corrected chi connectivity index (χ1v) is 7.45. The summed E-state index contributed by atoms with van der Waals surface area (Å²) in [6, 6.07) is 8.79. The summed E-state index contributed by atoms with van der Waals surface area (Å²) in [6.45, 7) is 0.428. The topological polar surface area (TPSA) is 78.4 Å². The Bertz CT molecular complexity index is 476. The molecule has 2 rings (SSSR count). The highest BCUT2D eigenvalue weighted by Crippen LogP contribution is 2.23. The normalized spacial score (nSPS) is 21.6. The molecule has 114 valence electrons. The summed E-state index contributed by atoms with van der Waals surface area (Å²) in [5, 5.41) is 15.2. The highest BCUT2D eigenvalue weighted by atomic mass is 16.3. The summed E-state index contributed by atoms with van der Waals surface area (Å²) in [5.74, 6) is -0.354. The average Bonchev–Trinajstić information content (AvgIpc) is 2.52. The standard InChI is InChI=1S/C16H22N2O3/c19-14-9-5-4-8-13(14)10-17-15(20)11-18-16(21)12-6-2-1-3-7-12/h1-3,6-7,13-14,19H,4-5,8-11H2,(H,17,20)(H,18,21). The molecule has 0 heterocycles. The molecular formula is C16H22N2O3. The van der Waals surface area contributed by atoms with Gasteiger partial charge in [-0.25, -0.2) is 0 Å². The first-order chi connectivity index (χ1) is 10.2. The molecule has 5 heteroatoms. The molecule has 0 aromatic heterocycles. The smallest absolute Gasteiger partial charge is 0.251 e. The van der Waals surface area contributed by atoms with E-state index in [1.807, 2.05) is 6.07 Å². The van der Waals surface area contributed by atoms with E-state index in [1.165, 1.54) is 0 Å². The van der Waals surface area contributed by atoms with Crippen molar-refractivity contribution >= 4 is 11.8 Å². The van der Waals surface area contributed by atoms with E-state index in [0.717, 1.165) is 25.7 Å². The molecular weight excluding hydrogens is 268 g/mol. The minimum Gasteiger partial charge on any atom is -0.393 e. The molecule has 1 fully saturated rings. The Morgan fingerprint density at radius 2 is 1.81 bits per heavy atom. The predicted molar refractivity (Wildman–Crippen MR) is 79.7 cm³/mol. The number of carbonyl (C=O) groups excluding carboxylic acids is 2. The zero-order valence-corrected chi connectivity index (χ0v) is 12.0. The van der Waals surface area contributed by atoms with Gasteiger partial charge in [0, 0.05) is 18.0 Å². The van der Waals surface area contributed by atoms with E-state index in [9.17, 15) is 14.7 Å². The van der Waals surface area contributed by atoms with E-state index in [0.29, 0.717) is 12.1 Å². The fourth-order valence-electron chi connectivity index (χ4n) is 2.59. The fourth-order valence-corrected chi connectivity index (χ4v) is 2.59. The number of nitrogens with one attached hydrogen (secondary N) is 2. The number of aliphatic hydroxyl groups is 1. The second-order valence-corrected chi connectivity index (χ2v) is 5.46. The summed E-state index contributed by atoms with van der Waals surface area (Å²) in [7, 11) is 0. The number of amides is 2. The third-order valence-corrected chi connectivity index (χ3v) is 3.88. The van der Waals surface area contributed by atoms with Crippen molar-refractivity contribution in [1.29, 1.82) is 0 Å². The predicted octanol–water partition coefficient (Wildman–Crippen LogP) is 1.08. The van der Waals surface area contributed by atoms with Crippen molar-refractivity contribution < 1.29 is 14.7 Å². The molecule has 0 bridgehead atoms. The van der Waals surface area contributed by atoms with Crippen LogP contribution in [0.2, 0.25) is 0 Å². The van der Waals surface area contributed by atoms with Gasteiger partial charge in [-0.2, -0.15) is 0 Å². The number of rotatable bonds is 5. The lowest BCUT2D eigenvalue weighted by molar-refractivity contribution is -0.120. The molecule has 0 aliphatic heterocycles. The Morgan fingerprint density at radius 1 is 1.10 bits per heavy atom. The molecule has 0 radical (unpaired) electrons. The molecule has 2 amide bonds. The van der Waals surface area contributed by atoms with E-state index in [1.54, 1.807) is 24.3 Å². The van der Waals surface area contributed by atoms with E-state index in [-0.39, 0.29) is 30.4 Å². The van der Waals surface area contributed by atoms with Crippen molar-refractivity contribution in [2.45, 2.75) is 31.8 Å². The van der Waals surface area contributed by atoms with Gasteiger partial charge in [0.05, 0.1) is 12.6 Å². The van der Waals surface area contributed by atoms with E-state index in [2.05, 4.69) is 10.6 Å². The third-order valence-electron chi connectivity index (χ3n) is 3.88. The average molecular weight is 290 g/mol. The molecule has 0 spiro atoms. The number of carbonyl (C=O) groups is 2. The van der Waals surface area contributed by atoms with E-state index >= 15 is 0 Å². The molecule has 0 saturated heterocycles. The number of aliphatic hydroxyl groups excluding tert-OH is 1. The molecule has 3 N–H and O–H groups in total. The number of benzene rings is 1. The maximum Gasteiger partial charge on any atom is 0.251 e. The highest BCUT2D eigenvalue weighted by Gasteiger charge is 2.23. The second-order valence-electron chi connectivity index (χ2n) is 5.46. The Labute approximate surface area is 124 Å². The SMILES string of the molecule is O=C(CNC(=O)c1ccccc1)NCC1CCCCC1O. The zero-order chi connectivity index (χ0) is 15.1. The number of hydrogen-bond donors (Lipinski definition) is 3. The van der Waals surface area contributed by atoms with Crippen molar-refractivity contribution in [3.8, 4) is 0 Å². The zero-order valence-electron chi connectivity index (χ0n) is 12.0. The van der Waals surface area contributed by atoms with Crippen molar-refractivity contribution in [2.75, 3.05) is 13.1 Å². The second kappa shape index (κ2) is 7.78. The molecule has 1 saturated carbocycles. The minimum atomic E-state index is -0.321. The quantitative estimate of drug-likeness (QED) is 0.759. The lowest BCUT2D eigenvalue weighted by atomic mass is 9.86. The van der Waals surface area contributed by atoms with Crippen LogP contribution in [-0.2, 0) is 4.79 Å². The van der Waals surface area contributed by atoms with E-state index < -0.39 is 0 Å². The van der Waals surface area contributed by atoms with Crippen molar-refractivity contribution in [3.05, 3.63) is 35.9 Å². The monoisotopic (exact) mass is 290 g/mol. The van der Waals surface area contributed by atoms with Gasteiger partial charge in [0.25, 0.3) is 5.91 Å². The first kappa shape index (κ1) is 15.5. The maximum atomic E-state index is 11.8. The van der Waals surface area contributed by atoms with Crippen LogP contribution in [0.3, 0.4) is 0 Å². The van der Waals surface area contributed by atoms with Gasteiger partial charge in [-0.15, -0.1) is 0 Å². The molecule has 1 aliphatic carbocycles.